The van der Waals surface area contributed by atoms with Crippen molar-refractivity contribution in [3.05, 3.63) is 53.6 Å². The third kappa shape index (κ3) is 5.84. The van der Waals surface area contributed by atoms with Gasteiger partial charge in [-0.05, 0) is 42.8 Å². The summed E-state index contributed by atoms with van der Waals surface area (Å²) in [7, 11) is 5.25. The minimum atomic E-state index is -0.232. The number of carbonyl (C=O) groups is 1. The van der Waals surface area contributed by atoms with E-state index in [0.29, 0.717) is 11.5 Å². The summed E-state index contributed by atoms with van der Waals surface area (Å²) in [6, 6.07) is 13.0. The second-order valence-corrected chi connectivity index (χ2v) is 5.70. The van der Waals surface area contributed by atoms with Crippen molar-refractivity contribution in [2.75, 3.05) is 33.1 Å². The third-order valence-electron chi connectivity index (χ3n) is 3.32. The second-order valence-electron chi connectivity index (χ2n) is 5.70. The summed E-state index contributed by atoms with van der Waals surface area (Å²) in [5.74, 6) is 0.818. The predicted octanol–water partition coefficient (Wildman–Crippen LogP) is 2.92. The van der Waals surface area contributed by atoms with Crippen molar-refractivity contribution in [3.8, 4) is 11.5 Å². The Morgan fingerprint density at radius 1 is 1.16 bits per heavy atom. The molecule has 0 aliphatic rings. The minimum absolute atomic E-state index is 0.102. The van der Waals surface area contributed by atoms with Crippen LogP contribution in [-0.4, -0.2) is 44.9 Å². The quantitative estimate of drug-likeness (QED) is 0.621. The zero-order valence-corrected chi connectivity index (χ0v) is 14.9. The Labute approximate surface area is 148 Å². The molecule has 0 bridgehead atoms. The molecule has 0 aliphatic heterocycles. The molecule has 0 radical (unpaired) electrons. The molecular formula is C19H23N3O3. The molecule has 6 heteroatoms. The van der Waals surface area contributed by atoms with Crippen LogP contribution in [-0.2, 0) is 4.79 Å². The fourth-order valence-electron chi connectivity index (χ4n) is 2.04. The lowest BCUT2D eigenvalue weighted by molar-refractivity contribution is -0.118. The minimum Gasteiger partial charge on any atom is -0.493 e. The van der Waals surface area contributed by atoms with Crippen molar-refractivity contribution in [1.82, 2.24) is 5.01 Å². The second kappa shape index (κ2) is 8.73. The number of carbonyl (C=O) groups excluding carboxylic acids is 1. The lowest BCUT2D eigenvalue weighted by atomic mass is 10.2. The van der Waals surface area contributed by atoms with Gasteiger partial charge in [0.15, 0.2) is 18.1 Å². The standard InChI is InChI=1S/C19H23N3O3/c1-14-5-8-16(9-6-14)21-19(23)13-25-17-10-7-15(11-18(17)24-4)12-20-22(2)3/h5-12H,13H2,1-4H3,(H,21,23)/b20-12+. The van der Waals surface area contributed by atoms with Gasteiger partial charge in [0.05, 0.1) is 13.3 Å². The van der Waals surface area contributed by atoms with E-state index in [9.17, 15) is 4.79 Å². The van der Waals surface area contributed by atoms with Crippen molar-refractivity contribution >= 4 is 17.8 Å². The number of amides is 1. The van der Waals surface area contributed by atoms with Crippen LogP contribution in [0.2, 0.25) is 0 Å². The number of anilines is 1. The SMILES string of the molecule is COc1cc(/C=N/N(C)C)ccc1OCC(=O)Nc1ccc(C)cc1. The van der Waals surface area contributed by atoms with E-state index in [-0.39, 0.29) is 12.5 Å². The van der Waals surface area contributed by atoms with Crippen molar-refractivity contribution in [3.63, 3.8) is 0 Å². The van der Waals surface area contributed by atoms with Gasteiger partial charge in [0.25, 0.3) is 5.91 Å². The van der Waals surface area contributed by atoms with Gasteiger partial charge in [-0.2, -0.15) is 5.10 Å². The molecule has 0 spiro atoms. The zero-order chi connectivity index (χ0) is 18.2. The first-order chi connectivity index (χ1) is 12.0. The van der Waals surface area contributed by atoms with Crippen LogP contribution in [0.15, 0.2) is 47.6 Å². The molecule has 0 aromatic heterocycles. The lowest BCUT2D eigenvalue weighted by Crippen LogP contribution is -2.20. The van der Waals surface area contributed by atoms with E-state index in [2.05, 4.69) is 10.4 Å². The number of hydrazone groups is 1. The Balaban J connectivity index is 1.97. The van der Waals surface area contributed by atoms with Crippen molar-refractivity contribution < 1.29 is 14.3 Å². The van der Waals surface area contributed by atoms with Crippen molar-refractivity contribution in [2.24, 2.45) is 5.10 Å². The first-order valence-corrected chi connectivity index (χ1v) is 7.86. The van der Waals surface area contributed by atoms with E-state index < -0.39 is 0 Å². The highest BCUT2D eigenvalue weighted by molar-refractivity contribution is 5.92. The smallest absolute Gasteiger partial charge is 0.262 e. The Bertz CT molecular complexity index is 740. The topological polar surface area (TPSA) is 63.2 Å². The average Bonchev–Trinajstić information content (AvgIpc) is 2.60. The van der Waals surface area contributed by atoms with Crippen LogP contribution in [0.5, 0.6) is 11.5 Å². The number of methoxy groups -OCH3 is 1. The summed E-state index contributed by atoms with van der Waals surface area (Å²) in [5, 5.41) is 8.67. The Morgan fingerprint density at radius 2 is 1.88 bits per heavy atom. The highest BCUT2D eigenvalue weighted by Gasteiger charge is 2.09. The van der Waals surface area contributed by atoms with Crippen molar-refractivity contribution in [1.29, 1.82) is 0 Å². The summed E-state index contributed by atoms with van der Waals surface area (Å²) in [6.07, 6.45) is 1.72. The molecule has 0 atom stereocenters. The molecule has 1 N–H and O–H groups in total. The van der Waals surface area contributed by atoms with E-state index in [0.717, 1.165) is 16.8 Å². The van der Waals surface area contributed by atoms with Gasteiger partial charge in [-0.1, -0.05) is 17.7 Å². The lowest BCUT2D eigenvalue weighted by Gasteiger charge is -2.12. The van der Waals surface area contributed by atoms with Crippen LogP contribution in [0, 0.1) is 6.92 Å². The number of nitrogens with zero attached hydrogens (tertiary/aromatic N) is 2. The molecular weight excluding hydrogens is 318 g/mol. The Kier molecular flexibility index (Phi) is 6.39. The molecule has 0 heterocycles. The van der Waals surface area contributed by atoms with E-state index in [1.165, 1.54) is 0 Å². The molecule has 2 rings (SSSR count). The first kappa shape index (κ1) is 18.3. The number of rotatable bonds is 7. The van der Waals surface area contributed by atoms with Crippen molar-refractivity contribution in [2.45, 2.75) is 6.92 Å². The molecule has 25 heavy (non-hydrogen) atoms. The molecule has 2 aromatic carbocycles. The van der Waals surface area contributed by atoms with Gasteiger partial charge in [0.1, 0.15) is 0 Å². The fraction of sp³-hybridized carbons (Fsp3) is 0.263. The number of hydrogen-bond donors (Lipinski definition) is 1. The summed E-state index contributed by atoms with van der Waals surface area (Å²) < 4.78 is 10.9. The van der Waals surface area contributed by atoms with Gasteiger partial charge in [-0.15, -0.1) is 0 Å². The molecule has 0 unspecified atom stereocenters. The van der Waals surface area contributed by atoms with Crippen LogP contribution in [0.1, 0.15) is 11.1 Å². The molecule has 0 fully saturated rings. The number of nitrogens with one attached hydrogen (secondary N) is 1. The van der Waals surface area contributed by atoms with Gasteiger partial charge in [-0.3, -0.25) is 4.79 Å². The van der Waals surface area contributed by atoms with E-state index >= 15 is 0 Å². The van der Waals surface area contributed by atoms with E-state index in [1.54, 1.807) is 30.5 Å². The summed E-state index contributed by atoms with van der Waals surface area (Å²) in [4.78, 5) is 12.0. The molecule has 2 aromatic rings. The van der Waals surface area contributed by atoms with Gasteiger partial charge in [-0.25, -0.2) is 0 Å². The normalized spacial score (nSPS) is 10.6. The fourth-order valence-corrected chi connectivity index (χ4v) is 2.04. The molecule has 0 saturated carbocycles. The van der Waals surface area contributed by atoms with Crippen LogP contribution in [0.3, 0.4) is 0 Å². The number of benzene rings is 2. The first-order valence-electron chi connectivity index (χ1n) is 7.86. The van der Waals surface area contributed by atoms with Gasteiger partial charge < -0.3 is 19.8 Å². The highest BCUT2D eigenvalue weighted by Crippen LogP contribution is 2.27. The molecule has 6 nitrogen and oxygen atoms in total. The molecule has 132 valence electrons. The van der Waals surface area contributed by atoms with Crippen LogP contribution >= 0.6 is 0 Å². The van der Waals surface area contributed by atoms with E-state index in [4.69, 9.17) is 9.47 Å². The maximum atomic E-state index is 12.0. The van der Waals surface area contributed by atoms with Gasteiger partial charge in [0, 0.05) is 19.8 Å². The summed E-state index contributed by atoms with van der Waals surface area (Å²) in [6.45, 7) is 1.89. The molecule has 0 aliphatic carbocycles. The Hall–Kier alpha value is -3.02. The van der Waals surface area contributed by atoms with Crippen LogP contribution in [0.4, 0.5) is 5.69 Å². The number of ether oxygens (including phenoxy) is 2. The average molecular weight is 341 g/mol. The van der Waals surface area contributed by atoms with E-state index in [1.807, 2.05) is 51.4 Å². The van der Waals surface area contributed by atoms with Gasteiger partial charge >= 0.3 is 0 Å². The zero-order valence-electron chi connectivity index (χ0n) is 14.9. The maximum absolute atomic E-state index is 12.0. The molecule has 1 amide bonds. The largest absolute Gasteiger partial charge is 0.493 e. The summed E-state index contributed by atoms with van der Waals surface area (Å²) in [5.41, 5.74) is 2.75. The van der Waals surface area contributed by atoms with Crippen LogP contribution < -0.4 is 14.8 Å². The Morgan fingerprint density at radius 3 is 2.52 bits per heavy atom. The number of aryl methyl sites for hydroxylation is 1. The van der Waals surface area contributed by atoms with Crippen LogP contribution in [0.25, 0.3) is 0 Å². The monoisotopic (exact) mass is 341 g/mol. The third-order valence-corrected chi connectivity index (χ3v) is 3.32. The number of hydrogen-bond acceptors (Lipinski definition) is 5. The molecule has 0 saturated heterocycles. The predicted molar refractivity (Wildman–Crippen MR) is 99.6 cm³/mol. The highest BCUT2D eigenvalue weighted by atomic mass is 16.5. The van der Waals surface area contributed by atoms with Gasteiger partial charge in [0.2, 0.25) is 0 Å². The summed E-state index contributed by atoms with van der Waals surface area (Å²) >= 11 is 0. The maximum Gasteiger partial charge on any atom is 0.262 e.